The van der Waals surface area contributed by atoms with Gasteiger partial charge in [-0.3, -0.25) is 4.90 Å². The lowest BCUT2D eigenvalue weighted by Crippen LogP contribution is -2.39. The first kappa shape index (κ1) is 17.9. The van der Waals surface area contributed by atoms with Gasteiger partial charge in [0.15, 0.2) is 5.82 Å². The van der Waals surface area contributed by atoms with E-state index in [9.17, 15) is 0 Å². The Morgan fingerprint density at radius 3 is 2.56 bits per heavy atom. The van der Waals surface area contributed by atoms with Crippen molar-refractivity contribution in [3.8, 4) is 0 Å². The summed E-state index contributed by atoms with van der Waals surface area (Å²) in [6.45, 7) is 7.63. The van der Waals surface area contributed by atoms with Crippen LogP contribution in [0.4, 0.5) is 23.1 Å². The van der Waals surface area contributed by atoms with Gasteiger partial charge in [-0.1, -0.05) is 0 Å². The van der Waals surface area contributed by atoms with Crippen molar-refractivity contribution >= 4 is 23.1 Å². The predicted molar refractivity (Wildman–Crippen MR) is 107 cm³/mol. The van der Waals surface area contributed by atoms with Crippen molar-refractivity contribution in [2.75, 3.05) is 68.0 Å². The molecule has 144 valence electrons. The van der Waals surface area contributed by atoms with E-state index in [0.29, 0.717) is 11.8 Å². The molecule has 0 amide bonds. The summed E-state index contributed by atoms with van der Waals surface area (Å²) >= 11 is 0. The summed E-state index contributed by atoms with van der Waals surface area (Å²) in [6.07, 6.45) is 4.21. The molecule has 3 heterocycles. The van der Waals surface area contributed by atoms with E-state index >= 15 is 0 Å². The second-order valence-corrected chi connectivity index (χ2v) is 6.91. The number of hydrogen-bond acceptors (Lipinski definition) is 8. The van der Waals surface area contributed by atoms with Gasteiger partial charge < -0.3 is 20.3 Å². The fourth-order valence-electron chi connectivity index (χ4n) is 3.47. The summed E-state index contributed by atoms with van der Waals surface area (Å²) in [7, 11) is 0. The largest absolute Gasteiger partial charge is 0.379 e. The minimum atomic E-state index is 0.543. The smallest absolute Gasteiger partial charge is 0.244 e. The average Bonchev–Trinajstić information content (AvgIpc) is 3.25. The third-order valence-corrected chi connectivity index (χ3v) is 4.98. The minimum absolute atomic E-state index is 0.543. The van der Waals surface area contributed by atoms with Gasteiger partial charge in [-0.25, -0.2) is 0 Å². The summed E-state index contributed by atoms with van der Waals surface area (Å²) in [5.74, 6) is 1.23. The summed E-state index contributed by atoms with van der Waals surface area (Å²) < 4.78 is 5.37. The summed E-state index contributed by atoms with van der Waals surface area (Å²) in [5.41, 5.74) is 2.28. The van der Waals surface area contributed by atoms with Crippen LogP contribution in [0, 0.1) is 0 Å². The van der Waals surface area contributed by atoms with E-state index < -0.39 is 0 Å². The standard InChI is InChI=1S/C19H27N7O/c1-2-9-26(8-1)17-5-3-16(4-6-17)22-18-15-21-24-19(23-18)20-7-10-25-11-13-27-14-12-25/h3-6,15H,1-2,7-14H2,(H2,20,22,23,24). The van der Waals surface area contributed by atoms with Crippen molar-refractivity contribution in [1.29, 1.82) is 0 Å². The van der Waals surface area contributed by atoms with Gasteiger partial charge in [0.2, 0.25) is 5.95 Å². The number of morpholine rings is 1. The van der Waals surface area contributed by atoms with Crippen LogP contribution < -0.4 is 15.5 Å². The van der Waals surface area contributed by atoms with Crippen LogP contribution in [0.5, 0.6) is 0 Å². The molecule has 1 aromatic carbocycles. The zero-order valence-corrected chi connectivity index (χ0v) is 15.6. The van der Waals surface area contributed by atoms with Gasteiger partial charge in [0.1, 0.15) is 0 Å². The van der Waals surface area contributed by atoms with Crippen LogP contribution in [-0.2, 0) is 4.74 Å². The van der Waals surface area contributed by atoms with Crippen LogP contribution in [0.3, 0.4) is 0 Å². The number of aromatic nitrogens is 3. The molecule has 2 aromatic rings. The van der Waals surface area contributed by atoms with E-state index in [1.807, 2.05) is 0 Å². The van der Waals surface area contributed by atoms with Crippen molar-refractivity contribution in [1.82, 2.24) is 20.1 Å². The van der Waals surface area contributed by atoms with Crippen molar-refractivity contribution < 1.29 is 4.74 Å². The fourth-order valence-corrected chi connectivity index (χ4v) is 3.47. The maximum Gasteiger partial charge on any atom is 0.244 e. The Hall–Kier alpha value is -2.45. The first-order valence-corrected chi connectivity index (χ1v) is 9.72. The lowest BCUT2D eigenvalue weighted by atomic mass is 10.2. The molecule has 8 nitrogen and oxygen atoms in total. The molecule has 2 aliphatic heterocycles. The van der Waals surface area contributed by atoms with Gasteiger partial charge in [-0.15, -0.1) is 5.10 Å². The molecule has 0 spiro atoms. The van der Waals surface area contributed by atoms with Crippen LogP contribution in [0.1, 0.15) is 12.8 Å². The van der Waals surface area contributed by atoms with E-state index in [2.05, 4.69) is 59.9 Å². The molecule has 1 aromatic heterocycles. The van der Waals surface area contributed by atoms with E-state index in [1.54, 1.807) is 6.20 Å². The van der Waals surface area contributed by atoms with Crippen LogP contribution in [0.15, 0.2) is 30.5 Å². The highest BCUT2D eigenvalue weighted by Crippen LogP contribution is 2.23. The van der Waals surface area contributed by atoms with Crippen LogP contribution in [0.25, 0.3) is 0 Å². The van der Waals surface area contributed by atoms with Gasteiger partial charge in [0.25, 0.3) is 0 Å². The molecule has 0 saturated carbocycles. The molecule has 2 N–H and O–H groups in total. The Kier molecular flexibility index (Phi) is 5.96. The Balaban J connectivity index is 1.29. The molecule has 27 heavy (non-hydrogen) atoms. The van der Waals surface area contributed by atoms with Gasteiger partial charge in [0, 0.05) is 50.6 Å². The molecular weight excluding hydrogens is 342 g/mol. The predicted octanol–water partition coefficient (Wildman–Crippen LogP) is 1.96. The third-order valence-electron chi connectivity index (χ3n) is 4.98. The van der Waals surface area contributed by atoms with E-state index in [0.717, 1.165) is 58.2 Å². The Bertz CT molecular complexity index is 712. The highest BCUT2D eigenvalue weighted by atomic mass is 16.5. The number of benzene rings is 1. The zero-order chi connectivity index (χ0) is 18.3. The number of anilines is 4. The summed E-state index contributed by atoms with van der Waals surface area (Å²) in [5, 5.41) is 14.7. The molecule has 2 aliphatic rings. The fraction of sp³-hybridized carbons (Fsp3) is 0.526. The molecule has 0 bridgehead atoms. The minimum Gasteiger partial charge on any atom is -0.379 e. The molecule has 0 radical (unpaired) electrons. The SMILES string of the molecule is c1cc(N2CCCC2)ccc1Nc1cnnc(NCCN2CCOCC2)n1. The number of ether oxygens (including phenoxy) is 1. The second kappa shape index (κ2) is 8.96. The lowest BCUT2D eigenvalue weighted by Gasteiger charge is -2.26. The molecule has 4 rings (SSSR count). The Morgan fingerprint density at radius 1 is 1.00 bits per heavy atom. The first-order chi connectivity index (χ1) is 13.4. The van der Waals surface area contributed by atoms with E-state index in [4.69, 9.17) is 4.74 Å². The Morgan fingerprint density at radius 2 is 1.78 bits per heavy atom. The number of hydrogen-bond donors (Lipinski definition) is 2. The lowest BCUT2D eigenvalue weighted by molar-refractivity contribution is 0.0398. The average molecular weight is 369 g/mol. The Labute approximate surface area is 159 Å². The second-order valence-electron chi connectivity index (χ2n) is 6.91. The molecule has 0 unspecified atom stereocenters. The molecule has 2 saturated heterocycles. The maximum absolute atomic E-state index is 5.37. The normalized spacial score (nSPS) is 17.9. The number of rotatable bonds is 7. The molecule has 2 fully saturated rings. The quantitative estimate of drug-likeness (QED) is 0.767. The molecular formula is C19H27N7O. The third kappa shape index (κ3) is 5.05. The van der Waals surface area contributed by atoms with Gasteiger partial charge in [-0.05, 0) is 37.1 Å². The van der Waals surface area contributed by atoms with Gasteiger partial charge >= 0.3 is 0 Å². The van der Waals surface area contributed by atoms with Gasteiger partial charge in [0.05, 0.1) is 19.4 Å². The zero-order valence-electron chi connectivity index (χ0n) is 15.6. The van der Waals surface area contributed by atoms with Crippen molar-refractivity contribution in [3.05, 3.63) is 30.5 Å². The van der Waals surface area contributed by atoms with Crippen LogP contribution >= 0.6 is 0 Å². The topological polar surface area (TPSA) is 78.4 Å². The molecule has 8 heteroatoms. The molecule has 0 aliphatic carbocycles. The highest BCUT2D eigenvalue weighted by molar-refractivity contribution is 5.61. The summed E-state index contributed by atoms with van der Waals surface area (Å²) in [6, 6.07) is 8.48. The van der Waals surface area contributed by atoms with Crippen molar-refractivity contribution in [2.24, 2.45) is 0 Å². The monoisotopic (exact) mass is 369 g/mol. The van der Waals surface area contributed by atoms with E-state index in [1.165, 1.54) is 18.5 Å². The van der Waals surface area contributed by atoms with Crippen LogP contribution in [-0.4, -0.2) is 72.6 Å². The number of nitrogens with one attached hydrogen (secondary N) is 2. The highest BCUT2D eigenvalue weighted by Gasteiger charge is 2.12. The van der Waals surface area contributed by atoms with E-state index in [-0.39, 0.29) is 0 Å². The summed E-state index contributed by atoms with van der Waals surface area (Å²) in [4.78, 5) is 9.29. The maximum atomic E-state index is 5.37. The molecule has 0 atom stereocenters. The van der Waals surface area contributed by atoms with Crippen molar-refractivity contribution in [3.63, 3.8) is 0 Å². The number of nitrogens with zero attached hydrogens (tertiary/aromatic N) is 5. The first-order valence-electron chi connectivity index (χ1n) is 9.72. The van der Waals surface area contributed by atoms with Gasteiger partial charge in [-0.2, -0.15) is 10.1 Å². The van der Waals surface area contributed by atoms with Crippen LogP contribution in [0.2, 0.25) is 0 Å². The van der Waals surface area contributed by atoms with Crippen molar-refractivity contribution in [2.45, 2.75) is 12.8 Å².